The van der Waals surface area contributed by atoms with E-state index in [2.05, 4.69) is 15.2 Å². The van der Waals surface area contributed by atoms with Crippen LogP contribution in [0.2, 0.25) is 0 Å². The average molecular weight is 650 g/mol. The number of likely N-dealkylation sites (tertiary alicyclic amines) is 1. The summed E-state index contributed by atoms with van der Waals surface area (Å²) in [5.74, 6) is 0.715. The molecule has 1 unspecified atom stereocenters. The maximum Gasteiger partial charge on any atom is 0.256 e. The van der Waals surface area contributed by atoms with Crippen LogP contribution in [0.4, 0.5) is 26.0 Å². The van der Waals surface area contributed by atoms with Gasteiger partial charge in [-0.15, -0.1) is 0 Å². The number of benzene rings is 1. The normalized spacial score (nSPS) is 29.1. The Hall–Kier alpha value is -3.34. The van der Waals surface area contributed by atoms with Crippen LogP contribution in [0.25, 0.3) is 0 Å². The van der Waals surface area contributed by atoms with Crippen LogP contribution in [-0.2, 0) is 4.79 Å². The number of hydrogen-bond donors (Lipinski definition) is 1. The highest BCUT2D eigenvalue weighted by Gasteiger charge is 2.52. The van der Waals surface area contributed by atoms with E-state index >= 15 is 4.39 Å². The lowest BCUT2D eigenvalue weighted by Gasteiger charge is -2.50. The van der Waals surface area contributed by atoms with Crippen molar-refractivity contribution in [3.63, 3.8) is 0 Å². The van der Waals surface area contributed by atoms with Crippen molar-refractivity contribution in [1.29, 1.82) is 0 Å². The second-order valence-electron chi connectivity index (χ2n) is 14.6. The summed E-state index contributed by atoms with van der Waals surface area (Å²) < 4.78 is 30.2. The fraction of sp³-hybridized carbons (Fsp3) is 0.667. The van der Waals surface area contributed by atoms with Crippen molar-refractivity contribution in [1.82, 2.24) is 25.1 Å². The highest BCUT2D eigenvalue weighted by Crippen LogP contribution is 2.47. The molecule has 2 saturated carbocycles. The second kappa shape index (κ2) is 13.3. The van der Waals surface area contributed by atoms with Crippen LogP contribution < -0.4 is 15.1 Å². The Kier molecular flexibility index (Phi) is 9.11. The molecule has 3 saturated heterocycles. The van der Waals surface area contributed by atoms with Gasteiger partial charge in [0.15, 0.2) is 5.82 Å². The molecule has 2 aromatic rings. The van der Waals surface area contributed by atoms with Crippen LogP contribution in [-0.4, -0.2) is 94.6 Å². The molecule has 0 radical (unpaired) electrons. The van der Waals surface area contributed by atoms with Crippen molar-refractivity contribution in [3.8, 4) is 0 Å². The Bertz CT molecular complexity index is 1470. The molecular formula is C36H49F2N7O2. The Labute approximate surface area is 277 Å². The molecule has 1 N–H and O–H groups in total. The number of hydrogen-bond acceptors (Lipinski definition) is 7. The largest absolute Gasteiger partial charge is 0.350 e. The van der Waals surface area contributed by atoms with Crippen molar-refractivity contribution in [2.24, 2.45) is 17.8 Å². The number of halogens is 2. The van der Waals surface area contributed by atoms with E-state index in [-0.39, 0.29) is 41.8 Å². The zero-order valence-corrected chi connectivity index (χ0v) is 28.0. The van der Waals surface area contributed by atoms with Gasteiger partial charge in [-0.1, -0.05) is 12.8 Å². The first-order chi connectivity index (χ1) is 22.7. The molecule has 2 bridgehead atoms. The van der Waals surface area contributed by atoms with Crippen LogP contribution in [0.1, 0.15) is 82.5 Å². The molecule has 0 spiro atoms. The molecule has 1 aromatic carbocycles. The van der Waals surface area contributed by atoms with E-state index in [0.29, 0.717) is 49.9 Å². The standard InChI is InChI=1S/C36H49F2N7O2/c1-4-43(22(2)3)35(46)28-19-24(37)9-12-30(28)45-17-16-44(34-31(45)20-39-21-40-34)25-6-5-14-42(15-13-25)36(47)33-26-10-11-29(41-33)27(32(26)38)18-23-7-8-23/h9,12,19-23,25-27,29,32-33,41H,4-8,10-11,13-18H2,1-3H3/t25-,26+,27-,29?,32+,33-/m0/s1. The van der Waals surface area contributed by atoms with E-state index in [4.69, 9.17) is 4.98 Å². The van der Waals surface area contributed by atoms with Crippen molar-refractivity contribution < 1.29 is 18.4 Å². The molecule has 254 valence electrons. The minimum Gasteiger partial charge on any atom is -0.350 e. The van der Waals surface area contributed by atoms with E-state index in [1.165, 1.54) is 25.0 Å². The highest BCUT2D eigenvalue weighted by atomic mass is 19.1. The van der Waals surface area contributed by atoms with Crippen LogP contribution in [0.3, 0.4) is 0 Å². The molecule has 4 aliphatic heterocycles. The summed E-state index contributed by atoms with van der Waals surface area (Å²) in [6, 6.07) is 4.26. The van der Waals surface area contributed by atoms with Gasteiger partial charge >= 0.3 is 0 Å². The van der Waals surface area contributed by atoms with Gasteiger partial charge < -0.3 is 24.9 Å². The molecule has 2 amide bonds. The van der Waals surface area contributed by atoms with Crippen LogP contribution in [0.5, 0.6) is 0 Å². The molecule has 6 atom stereocenters. The third-order valence-electron chi connectivity index (χ3n) is 11.5. The number of nitrogens with one attached hydrogen (secondary N) is 1. The van der Waals surface area contributed by atoms with Crippen molar-refractivity contribution in [2.45, 2.75) is 102 Å². The van der Waals surface area contributed by atoms with Gasteiger partial charge in [-0.25, -0.2) is 18.7 Å². The molecule has 2 aliphatic carbocycles. The third kappa shape index (κ3) is 6.20. The molecular weight excluding hydrogens is 600 g/mol. The molecule has 8 rings (SSSR count). The Morgan fingerprint density at radius 1 is 1.04 bits per heavy atom. The number of carbonyl (C=O) groups is 2. The lowest BCUT2D eigenvalue weighted by Crippen LogP contribution is -2.66. The second-order valence-corrected chi connectivity index (χ2v) is 14.6. The van der Waals surface area contributed by atoms with E-state index in [9.17, 15) is 14.0 Å². The molecule has 5 fully saturated rings. The summed E-state index contributed by atoms with van der Waals surface area (Å²) in [5.41, 5.74) is 1.75. The summed E-state index contributed by atoms with van der Waals surface area (Å²) in [6.45, 7) is 8.91. The zero-order chi connectivity index (χ0) is 32.8. The van der Waals surface area contributed by atoms with Gasteiger partial charge in [0.1, 0.15) is 24.0 Å². The van der Waals surface area contributed by atoms with Gasteiger partial charge in [0.2, 0.25) is 5.91 Å². The first-order valence-electron chi connectivity index (χ1n) is 17.9. The van der Waals surface area contributed by atoms with Gasteiger partial charge in [-0.2, -0.15) is 0 Å². The van der Waals surface area contributed by atoms with Crippen molar-refractivity contribution in [2.75, 3.05) is 42.5 Å². The summed E-state index contributed by atoms with van der Waals surface area (Å²) in [7, 11) is 0. The molecule has 5 heterocycles. The lowest BCUT2D eigenvalue weighted by molar-refractivity contribution is -0.141. The minimum atomic E-state index is -0.885. The monoisotopic (exact) mass is 649 g/mol. The summed E-state index contributed by atoms with van der Waals surface area (Å²) in [6.07, 6.45) is 10.2. The maximum atomic E-state index is 15.7. The minimum absolute atomic E-state index is 0.0237. The average Bonchev–Trinajstić information content (AvgIpc) is 3.93. The zero-order valence-electron chi connectivity index (χ0n) is 28.0. The summed E-state index contributed by atoms with van der Waals surface area (Å²) in [5, 5.41) is 3.61. The van der Waals surface area contributed by atoms with Crippen molar-refractivity contribution in [3.05, 3.63) is 42.1 Å². The van der Waals surface area contributed by atoms with E-state index in [0.717, 1.165) is 50.0 Å². The number of carbonyl (C=O) groups excluding carboxylic acids is 2. The number of piperidine rings is 2. The quantitative estimate of drug-likeness (QED) is 0.414. The molecule has 47 heavy (non-hydrogen) atoms. The highest BCUT2D eigenvalue weighted by molar-refractivity contribution is 6.01. The fourth-order valence-corrected chi connectivity index (χ4v) is 8.87. The van der Waals surface area contributed by atoms with Gasteiger partial charge in [-0.05, 0) is 83.4 Å². The van der Waals surface area contributed by atoms with E-state index < -0.39 is 18.0 Å². The van der Waals surface area contributed by atoms with Gasteiger partial charge in [0, 0.05) is 62.7 Å². The van der Waals surface area contributed by atoms with E-state index in [1.54, 1.807) is 23.5 Å². The van der Waals surface area contributed by atoms with Crippen molar-refractivity contribution >= 4 is 29.0 Å². The number of fused-ring (bicyclic) bond motifs is 4. The smallest absolute Gasteiger partial charge is 0.256 e. The first kappa shape index (κ1) is 32.2. The Morgan fingerprint density at radius 2 is 1.87 bits per heavy atom. The summed E-state index contributed by atoms with van der Waals surface area (Å²) in [4.78, 5) is 44.7. The fourth-order valence-electron chi connectivity index (χ4n) is 8.87. The SMILES string of the molecule is CCN(C(=O)c1cc(F)ccc1N1CCN([C@H]2CCCN(C(=O)[C@H]3NC4CC[C@@H]3[C@@H](F)[C@H]4CC3CC3)CC2)c2ncncc21)C(C)C. The Morgan fingerprint density at radius 3 is 2.62 bits per heavy atom. The molecule has 11 heteroatoms. The number of aromatic nitrogens is 2. The summed E-state index contributed by atoms with van der Waals surface area (Å²) >= 11 is 0. The first-order valence-corrected chi connectivity index (χ1v) is 17.9. The number of nitrogens with zero attached hydrogens (tertiary/aromatic N) is 6. The van der Waals surface area contributed by atoms with E-state index in [1.807, 2.05) is 30.6 Å². The third-order valence-corrected chi connectivity index (χ3v) is 11.5. The van der Waals surface area contributed by atoms with Gasteiger partial charge in [0.05, 0.1) is 23.5 Å². The number of anilines is 3. The maximum absolute atomic E-state index is 15.7. The van der Waals surface area contributed by atoms with Gasteiger partial charge in [0.25, 0.3) is 5.91 Å². The lowest BCUT2D eigenvalue weighted by atomic mass is 9.67. The molecule has 9 nitrogen and oxygen atoms in total. The number of alkyl halides is 1. The molecule has 1 aromatic heterocycles. The topological polar surface area (TPSA) is 84.9 Å². The number of rotatable bonds is 8. The predicted molar refractivity (Wildman–Crippen MR) is 178 cm³/mol. The van der Waals surface area contributed by atoms with Crippen LogP contribution >= 0.6 is 0 Å². The van der Waals surface area contributed by atoms with Crippen LogP contribution in [0.15, 0.2) is 30.7 Å². The number of amides is 2. The molecule has 6 aliphatic rings. The van der Waals surface area contributed by atoms with Gasteiger partial charge in [-0.3, -0.25) is 9.59 Å². The Balaban J connectivity index is 1.06. The van der Waals surface area contributed by atoms with Crippen LogP contribution in [0, 0.1) is 23.6 Å². The predicted octanol–water partition coefficient (Wildman–Crippen LogP) is 5.33.